The van der Waals surface area contributed by atoms with Crippen LogP contribution in [0.3, 0.4) is 0 Å². The van der Waals surface area contributed by atoms with Gasteiger partial charge in [-0.05, 0) is 0 Å². The summed E-state index contributed by atoms with van der Waals surface area (Å²) in [5.74, 6) is -4.37. The molecular weight excluding hydrogens is 166 g/mol. The molecule has 0 aliphatic carbocycles. The van der Waals surface area contributed by atoms with Crippen molar-refractivity contribution in [3.8, 4) is 0 Å². The molecule has 6 heteroatoms. The summed E-state index contributed by atoms with van der Waals surface area (Å²) in [4.78, 5) is 17.9. The summed E-state index contributed by atoms with van der Waals surface area (Å²) in [6.45, 7) is 0. The molecule has 0 amide bonds. The molecule has 0 rings (SSSR count). The number of carboxylic acids is 2. The van der Waals surface area contributed by atoms with Gasteiger partial charge in [0.25, 0.3) is 0 Å². The Hall–Kier alpha value is -0.581. The summed E-state index contributed by atoms with van der Waals surface area (Å²) in [6.07, 6.45) is 0. The third-order valence-electron chi connectivity index (χ3n) is 0.167. The normalized spacial score (nSPS) is 5.50. The van der Waals surface area contributed by atoms with Crippen LogP contribution in [0.15, 0.2) is 0 Å². The molecule has 0 fully saturated rings. The Morgan fingerprint density at radius 2 is 1.12 bits per heavy atom. The number of carboxylic acid groups (broad SMARTS) is 2. The molecule has 0 bridgehead atoms. The van der Waals surface area contributed by atoms with Crippen molar-refractivity contribution in [3.63, 3.8) is 0 Å². The Morgan fingerprint density at radius 3 is 1.12 bits per heavy atom. The maximum absolute atomic E-state index is 8.93. The van der Waals surface area contributed by atoms with Crippen molar-refractivity contribution in [2.45, 2.75) is 0 Å². The predicted octanol–water partition coefficient (Wildman–Crippen LogP) is -3.14. The number of carbonyl (C=O) groups is 2. The van der Waals surface area contributed by atoms with E-state index in [0.717, 1.165) is 0 Å². The van der Waals surface area contributed by atoms with Gasteiger partial charge in [0.15, 0.2) is 0 Å². The molecule has 0 saturated heterocycles. The van der Waals surface area contributed by atoms with Crippen LogP contribution in [0.25, 0.3) is 0 Å². The van der Waals surface area contributed by atoms with E-state index in [1.165, 1.54) is 0 Å². The fourth-order valence-corrected chi connectivity index (χ4v) is 0. The second-order valence-corrected chi connectivity index (χ2v) is 0.575. The summed E-state index contributed by atoms with van der Waals surface area (Å²) >= 11 is 0. The molecule has 0 heterocycles. The summed E-state index contributed by atoms with van der Waals surface area (Å²) in [5, 5.41) is 17.9. The van der Waals surface area contributed by atoms with Crippen LogP contribution >= 0.6 is 0 Å². The first-order valence-corrected chi connectivity index (χ1v) is 1.07. The van der Waals surface area contributed by atoms with Crippen molar-refractivity contribution in [2.75, 3.05) is 0 Å². The van der Waals surface area contributed by atoms with Crippen LogP contribution in [0.5, 0.6) is 0 Å². The van der Waals surface area contributed by atoms with E-state index in [1.807, 2.05) is 0 Å². The maximum atomic E-state index is 8.93. The Balaban J connectivity index is -0.000000125. The van der Waals surface area contributed by atoms with Crippen LogP contribution in [-0.4, -0.2) is 11.9 Å². The van der Waals surface area contributed by atoms with Crippen LogP contribution in [0, 0.1) is 0 Å². The number of carbonyl (C=O) groups excluding carboxylic acids is 2. The minimum atomic E-state index is -2.19. The number of hydrogen-bond donors (Lipinski definition) is 1. The number of quaternary nitrogens is 1. The molecule has 0 aromatic rings. The zero-order valence-electron chi connectivity index (χ0n) is 3.93. The zero-order chi connectivity index (χ0) is 5.15. The van der Waals surface area contributed by atoms with Gasteiger partial charge in [-0.2, -0.15) is 0 Å². The van der Waals surface area contributed by atoms with Crippen molar-refractivity contribution in [1.29, 1.82) is 0 Å². The first kappa shape index (κ1) is 15.7. The van der Waals surface area contributed by atoms with Gasteiger partial charge >= 0.3 is 17.1 Å². The fourth-order valence-electron chi connectivity index (χ4n) is 0. The Kier molecular flexibility index (Phi) is 12.6. The first-order chi connectivity index (χ1) is 2.64. The van der Waals surface area contributed by atoms with Crippen molar-refractivity contribution >= 4 is 11.9 Å². The molecule has 0 aromatic carbocycles. The van der Waals surface area contributed by atoms with Crippen LogP contribution in [0.4, 0.5) is 0 Å². The van der Waals surface area contributed by atoms with E-state index >= 15 is 0 Å². The van der Waals surface area contributed by atoms with Gasteiger partial charge in [-0.15, -0.1) is 0 Å². The van der Waals surface area contributed by atoms with Gasteiger partial charge in [0, 0.05) is 0 Å². The van der Waals surface area contributed by atoms with Crippen LogP contribution < -0.4 is 16.4 Å². The van der Waals surface area contributed by atoms with Crippen molar-refractivity contribution < 1.29 is 36.9 Å². The monoisotopic (exact) mass is 169 g/mol. The minimum Gasteiger partial charge on any atom is -0.543 e. The molecule has 0 atom stereocenters. The third-order valence-corrected chi connectivity index (χ3v) is 0.167. The second kappa shape index (κ2) is 6.42. The molecule has 0 aliphatic rings. The van der Waals surface area contributed by atoms with E-state index in [4.69, 9.17) is 19.8 Å². The summed E-state index contributed by atoms with van der Waals surface area (Å²) < 4.78 is 0. The summed E-state index contributed by atoms with van der Waals surface area (Å²) in [7, 11) is 0. The van der Waals surface area contributed by atoms with Gasteiger partial charge in [0.1, 0.15) is 0 Å². The van der Waals surface area contributed by atoms with Gasteiger partial charge < -0.3 is 26.0 Å². The van der Waals surface area contributed by atoms with Crippen molar-refractivity contribution in [1.82, 2.24) is 6.15 Å². The van der Waals surface area contributed by atoms with Crippen molar-refractivity contribution in [2.24, 2.45) is 0 Å². The summed E-state index contributed by atoms with van der Waals surface area (Å²) in [6, 6.07) is 0. The minimum absolute atomic E-state index is 0. The van der Waals surface area contributed by atoms with Gasteiger partial charge in [-0.25, -0.2) is 0 Å². The standard InChI is InChI=1S/C2H2O4.Cu.H3N/c3-1(4)2(5)6;;/h(H,3,4)(H,5,6);;1H3/q;+1;/p-1. The molecule has 0 aromatic heterocycles. The van der Waals surface area contributed by atoms with E-state index in [9.17, 15) is 0 Å². The van der Waals surface area contributed by atoms with E-state index < -0.39 is 11.9 Å². The van der Waals surface area contributed by atoms with E-state index in [-0.39, 0.29) is 23.2 Å². The Bertz CT molecular complexity index is 80.0. The maximum Gasteiger partial charge on any atom is 1.00 e. The van der Waals surface area contributed by atoms with Gasteiger partial charge in [0.2, 0.25) is 0 Å². The molecule has 8 heavy (non-hydrogen) atoms. The fraction of sp³-hybridized carbons (Fsp3) is 0. The topological polar surface area (TPSA) is 117 Å². The Labute approximate surface area is 55.7 Å². The van der Waals surface area contributed by atoms with Crippen LogP contribution in [-0.2, 0) is 26.7 Å². The van der Waals surface area contributed by atoms with Gasteiger partial charge in [0.05, 0.1) is 11.9 Å². The number of rotatable bonds is 0. The predicted molar refractivity (Wildman–Crippen MR) is 16.0 cm³/mol. The second-order valence-electron chi connectivity index (χ2n) is 0.575. The zero-order valence-corrected chi connectivity index (χ0v) is 4.88. The molecule has 0 spiro atoms. The molecular formula is C2H4CuNO4. The number of hydrogen-bond acceptors (Lipinski definition) is 4. The smallest absolute Gasteiger partial charge is 0.543 e. The summed E-state index contributed by atoms with van der Waals surface area (Å²) in [5.41, 5.74) is 0. The SMILES string of the molecule is O=C([O-])C(=O)[O-].[Cu+].[NH4+]. The quantitative estimate of drug-likeness (QED) is 0.305. The molecule has 52 valence electrons. The van der Waals surface area contributed by atoms with Crippen molar-refractivity contribution in [3.05, 3.63) is 0 Å². The van der Waals surface area contributed by atoms with E-state index in [2.05, 4.69) is 0 Å². The first-order valence-electron chi connectivity index (χ1n) is 1.07. The Morgan fingerprint density at radius 1 is 1.00 bits per heavy atom. The molecule has 0 aliphatic heterocycles. The molecule has 0 radical (unpaired) electrons. The number of aliphatic carboxylic acids is 2. The van der Waals surface area contributed by atoms with Crippen LogP contribution in [0.2, 0.25) is 0 Å². The van der Waals surface area contributed by atoms with Gasteiger partial charge in [-0.1, -0.05) is 0 Å². The molecule has 0 saturated carbocycles. The van der Waals surface area contributed by atoms with E-state index in [1.54, 1.807) is 0 Å². The third kappa shape index (κ3) is 9.05. The average molecular weight is 170 g/mol. The largest absolute Gasteiger partial charge is 1.00 e. The van der Waals surface area contributed by atoms with Crippen LogP contribution in [0.1, 0.15) is 0 Å². The molecule has 4 N–H and O–H groups in total. The molecule has 0 unspecified atom stereocenters. The average Bonchev–Trinajstić information content (AvgIpc) is 1.36. The molecule has 5 nitrogen and oxygen atoms in total. The van der Waals surface area contributed by atoms with Gasteiger partial charge in [-0.3, -0.25) is 0 Å². The van der Waals surface area contributed by atoms with E-state index in [0.29, 0.717) is 0 Å².